The van der Waals surface area contributed by atoms with Crippen molar-refractivity contribution < 1.29 is 39.4 Å². The molecule has 1 aliphatic heterocycles. The van der Waals surface area contributed by atoms with Gasteiger partial charge >= 0.3 is 5.97 Å². The molecule has 2 aromatic carbocycles. The molecule has 0 unspecified atom stereocenters. The van der Waals surface area contributed by atoms with Gasteiger partial charge in [-0.2, -0.15) is 0 Å². The number of hydrogen-bond donors (Lipinski definition) is 4. The van der Waals surface area contributed by atoms with Crippen LogP contribution in [0.5, 0.6) is 5.75 Å². The van der Waals surface area contributed by atoms with Crippen molar-refractivity contribution in [1.29, 1.82) is 0 Å². The average Bonchev–Trinajstić information content (AvgIpc) is 2.88. The maximum atomic E-state index is 11.2. The Morgan fingerprint density at radius 3 is 2.54 bits per heavy atom. The van der Waals surface area contributed by atoms with Crippen molar-refractivity contribution in [3.05, 3.63) is 77.6 Å². The normalized spacial score (nSPS) is 24.5. The van der Waals surface area contributed by atoms with Crippen molar-refractivity contribution >= 4 is 22.8 Å². The molecule has 0 saturated carbocycles. The van der Waals surface area contributed by atoms with Crippen molar-refractivity contribution in [2.75, 3.05) is 13.7 Å². The molecule has 3 aromatic rings. The second-order valence-electron chi connectivity index (χ2n) is 8.23. The third kappa shape index (κ3) is 5.67. The van der Waals surface area contributed by atoms with Crippen molar-refractivity contribution in [3.8, 4) is 5.75 Å². The maximum absolute atomic E-state index is 11.2. The molecule has 1 saturated heterocycles. The first kappa shape index (κ1) is 24.8. The molecule has 1 aliphatic rings. The molecule has 4 N–H and O–H groups in total. The molecule has 0 aliphatic carbocycles. The molecule has 2 heterocycles. The Morgan fingerprint density at radius 2 is 1.83 bits per heavy atom. The lowest BCUT2D eigenvalue weighted by molar-refractivity contribution is -0.277. The van der Waals surface area contributed by atoms with E-state index in [1.807, 2.05) is 36.4 Å². The molecular formula is C26H27NO8. The van der Waals surface area contributed by atoms with Crippen LogP contribution in [-0.4, -0.2) is 75.8 Å². The van der Waals surface area contributed by atoms with Gasteiger partial charge in [0.05, 0.1) is 19.4 Å². The predicted molar refractivity (Wildman–Crippen MR) is 126 cm³/mol. The van der Waals surface area contributed by atoms with E-state index < -0.39 is 43.3 Å². The fourth-order valence-electron chi connectivity index (χ4n) is 3.90. The van der Waals surface area contributed by atoms with Gasteiger partial charge in [-0.15, -0.1) is 0 Å². The molecule has 4 rings (SSSR count). The first-order chi connectivity index (χ1) is 16.9. The molecule has 1 fully saturated rings. The monoisotopic (exact) mass is 481 g/mol. The summed E-state index contributed by atoms with van der Waals surface area (Å²) in [5, 5.41) is 41.3. The summed E-state index contributed by atoms with van der Waals surface area (Å²) in [5.74, 6) is -0.0235. The Kier molecular flexibility index (Phi) is 7.74. The third-order valence-corrected chi connectivity index (χ3v) is 5.88. The van der Waals surface area contributed by atoms with Crippen molar-refractivity contribution in [1.82, 2.24) is 4.98 Å². The molecular weight excluding hydrogens is 454 g/mol. The Bertz CT molecular complexity index is 1190. The topological polar surface area (TPSA) is 139 Å². The number of ether oxygens (including phenoxy) is 3. The summed E-state index contributed by atoms with van der Waals surface area (Å²) in [4.78, 5) is 15.8. The SMILES string of the molecule is COC(=O)/C=C/c1ccc(Cc2nccc3cc(O[C@@H]4O[C@H](CO)[C@@H](O)[C@H](O)[C@H]4O)ccc23)cc1. The maximum Gasteiger partial charge on any atom is 0.330 e. The summed E-state index contributed by atoms with van der Waals surface area (Å²) in [6.07, 6.45) is -1.40. The lowest BCUT2D eigenvalue weighted by atomic mass is 9.99. The average molecular weight is 482 g/mol. The van der Waals surface area contributed by atoms with Gasteiger partial charge < -0.3 is 34.6 Å². The molecule has 184 valence electrons. The van der Waals surface area contributed by atoms with E-state index in [2.05, 4.69) is 9.72 Å². The van der Waals surface area contributed by atoms with Crippen molar-refractivity contribution in [2.24, 2.45) is 0 Å². The summed E-state index contributed by atoms with van der Waals surface area (Å²) in [6.45, 7) is -0.528. The highest BCUT2D eigenvalue weighted by Crippen LogP contribution is 2.28. The van der Waals surface area contributed by atoms with Gasteiger partial charge in [-0.3, -0.25) is 4.98 Å². The number of fused-ring (bicyclic) bond motifs is 1. The first-order valence-electron chi connectivity index (χ1n) is 11.1. The lowest BCUT2D eigenvalue weighted by Gasteiger charge is -2.39. The van der Waals surface area contributed by atoms with Gasteiger partial charge in [-0.25, -0.2) is 4.79 Å². The van der Waals surface area contributed by atoms with Crippen LogP contribution in [-0.2, 0) is 20.7 Å². The molecule has 0 radical (unpaired) electrons. The zero-order chi connectivity index (χ0) is 24.9. The summed E-state index contributed by atoms with van der Waals surface area (Å²) < 4.78 is 15.7. The Morgan fingerprint density at radius 1 is 1.06 bits per heavy atom. The van der Waals surface area contributed by atoms with E-state index in [0.29, 0.717) is 12.2 Å². The zero-order valence-corrected chi connectivity index (χ0v) is 19.0. The zero-order valence-electron chi connectivity index (χ0n) is 19.0. The molecule has 0 amide bonds. The highest BCUT2D eigenvalue weighted by atomic mass is 16.7. The highest BCUT2D eigenvalue weighted by Gasteiger charge is 2.44. The van der Waals surface area contributed by atoms with Gasteiger partial charge in [-0.1, -0.05) is 24.3 Å². The molecule has 0 spiro atoms. The summed E-state index contributed by atoms with van der Waals surface area (Å²) in [6, 6.07) is 14.9. The van der Waals surface area contributed by atoms with Crippen molar-refractivity contribution in [3.63, 3.8) is 0 Å². The minimum Gasteiger partial charge on any atom is -0.466 e. The Balaban J connectivity index is 1.49. The summed E-state index contributed by atoms with van der Waals surface area (Å²) >= 11 is 0. The number of hydrogen-bond acceptors (Lipinski definition) is 9. The number of pyridine rings is 1. The van der Waals surface area contributed by atoms with Crippen LogP contribution in [0.25, 0.3) is 16.8 Å². The van der Waals surface area contributed by atoms with E-state index in [1.165, 1.54) is 13.2 Å². The fourth-order valence-corrected chi connectivity index (χ4v) is 3.90. The van der Waals surface area contributed by atoms with Crippen LogP contribution in [0.3, 0.4) is 0 Å². The van der Waals surface area contributed by atoms with Gasteiger partial charge in [0, 0.05) is 24.1 Å². The van der Waals surface area contributed by atoms with E-state index >= 15 is 0 Å². The number of esters is 1. The Labute approximate surface area is 201 Å². The smallest absolute Gasteiger partial charge is 0.330 e. The number of methoxy groups -OCH3 is 1. The molecule has 0 bridgehead atoms. The van der Waals surface area contributed by atoms with Crippen LogP contribution in [0.15, 0.2) is 60.8 Å². The second kappa shape index (κ2) is 10.9. The third-order valence-electron chi connectivity index (χ3n) is 5.88. The largest absolute Gasteiger partial charge is 0.466 e. The summed E-state index contributed by atoms with van der Waals surface area (Å²) in [7, 11) is 1.33. The molecule has 9 nitrogen and oxygen atoms in total. The number of rotatable bonds is 7. The van der Waals surface area contributed by atoms with Crippen LogP contribution in [0.2, 0.25) is 0 Å². The standard InChI is InChI=1S/C26H27NO8/c1-33-22(29)9-6-15-2-4-16(5-3-15)12-20-19-8-7-18(13-17(19)10-11-27-20)34-26-25(32)24(31)23(30)21(14-28)35-26/h2-11,13,21,23-26,28,30-32H,12,14H2,1H3/b9-6+/t21-,23-,24+,25-,26-/m1/s1. The van der Waals surface area contributed by atoms with Crippen LogP contribution in [0, 0.1) is 0 Å². The quantitative estimate of drug-likeness (QED) is 0.289. The lowest BCUT2D eigenvalue weighted by Crippen LogP contribution is -2.60. The van der Waals surface area contributed by atoms with Gasteiger partial charge in [0.1, 0.15) is 30.2 Å². The molecule has 5 atom stereocenters. The van der Waals surface area contributed by atoms with E-state index in [9.17, 15) is 25.2 Å². The highest BCUT2D eigenvalue weighted by molar-refractivity contribution is 5.87. The van der Waals surface area contributed by atoms with Gasteiger partial charge in [0.25, 0.3) is 0 Å². The van der Waals surface area contributed by atoms with E-state index in [0.717, 1.165) is 27.6 Å². The number of aliphatic hydroxyl groups is 4. The number of carbonyl (C=O) groups is 1. The van der Waals surface area contributed by atoms with Gasteiger partial charge in [0.15, 0.2) is 0 Å². The molecule has 35 heavy (non-hydrogen) atoms. The Hall–Kier alpha value is -3.34. The molecule has 9 heteroatoms. The summed E-state index contributed by atoms with van der Waals surface area (Å²) in [5.41, 5.74) is 2.78. The van der Waals surface area contributed by atoms with Crippen LogP contribution < -0.4 is 4.74 Å². The number of aliphatic hydroxyl groups excluding tert-OH is 4. The van der Waals surface area contributed by atoms with E-state index in [-0.39, 0.29) is 0 Å². The fraction of sp³-hybridized carbons (Fsp3) is 0.308. The number of benzene rings is 2. The van der Waals surface area contributed by atoms with Crippen LogP contribution >= 0.6 is 0 Å². The number of aromatic nitrogens is 1. The van der Waals surface area contributed by atoms with Crippen molar-refractivity contribution in [2.45, 2.75) is 37.1 Å². The first-order valence-corrected chi connectivity index (χ1v) is 11.1. The number of carbonyl (C=O) groups excluding carboxylic acids is 1. The van der Waals surface area contributed by atoms with Crippen LogP contribution in [0.4, 0.5) is 0 Å². The van der Waals surface area contributed by atoms with E-state index in [4.69, 9.17) is 9.47 Å². The van der Waals surface area contributed by atoms with E-state index in [1.54, 1.807) is 24.4 Å². The van der Waals surface area contributed by atoms with Crippen LogP contribution in [0.1, 0.15) is 16.8 Å². The van der Waals surface area contributed by atoms with Gasteiger partial charge in [-0.05, 0) is 46.9 Å². The minimum absolute atomic E-state index is 0.390. The van der Waals surface area contributed by atoms with Gasteiger partial charge in [0.2, 0.25) is 6.29 Å². The molecule has 1 aromatic heterocycles. The predicted octanol–water partition coefficient (Wildman–Crippen LogP) is 1.19. The second-order valence-corrected chi connectivity index (χ2v) is 8.23. The number of nitrogens with zero attached hydrogens (tertiary/aromatic N) is 1. The minimum atomic E-state index is -1.51.